The van der Waals surface area contributed by atoms with Crippen molar-refractivity contribution < 1.29 is 23.8 Å². The highest BCUT2D eigenvalue weighted by Crippen LogP contribution is 2.38. The highest BCUT2D eigenvalue weighted by Gasteiger charge is 2.41. The van der Waals surface area contributed by atoms with Crippen molar-refractivity contribution in [3.8, 4) is 17.2 Å². The second kappa shape index (κ2) is 9.15. The van der Waals surface area contributed by atoms with Gasteiger partial charge in [-0.1, -0.05) is 30.3 Å². The fourth-order valence-electron chi connectivity index (χ4n) is 4.45. The Morgan fingerprint density at radius 2 is 1.94 bits per heavy atom. The number of nitrogens with zero attached hydrogens (tertiary/aromatic N) is 1. The molecule has 170 valence electrons. The second-order valence-electron chi connectivity index (χ2n) is 8.05. The van der Waals surface area contributed by atoms with Crippen molar-refractivity contribution in [2.24, 2.45) is 5.92 Å². The number of thiophene rings is 1. The van der Waals surface area contributed by atoms with Crippen molar-refractivity contribution >= 4 is 23.2 Å². The Balaban J connectivity index is 1.36. The zero-order valence-corrected chi connectivity index (χ0v) is 19.0. The highest BCUT2D eigenvalue weighted by atomic mass is 32.1. The van der Waals surface area contributed by atoms with E-state index in [4.69, 9.17) is 14.2 Å². The molecule has 8 heteroatoms. The van der Waals surface area contributed by atoms with Gasteiger partial charge in [0.2, 0.25) is 12.7 Å². The minimum absolute atomic E-state index is 0.0454. The molecule has 33 heavy (non-hydrogen) atoms. The first-order valence-corrected chi connectivity index (χ1v) is 11.6. The first kappa shape index (κ1) is 21.3. The molecule has 0 spiro atoms. The van der Waals surface area contributed by atoms with Crippen molar-refractivity contribution in [1.82, 2.24) is 10.2 Å². The molecule has 3 aromatic rings. The fraction of sp³-hybridized carbons (Fsp3) is 0.280. The Bertz CT molecular complexity index is 1160. The lowest BCUT2D eigenvalue weighted by molar-refractivity contribution is -0.125. The number of methoxy groups -OCH3 is 1. The van der Waals surface area contributed by atoms with Gasteiger partial charge in [-0.05, 0) is 40.8 Å². The monoisotopic (exact) mass is 464 g/mol. The van der Waals surface area contributed by atoms with E-state index in [0.29, 0.717) is 36.0 Å². The van der Waals surface area contributed by atoms with Gasteiger partial charge in [0.15, 0.2) is 11.5 Å². The topological polar surface area (TPSA) is 77.1 Å². The molecule has 5 rings (SSSR count). The van der Waals surface area contributed by atoms with Gasteiger partial charge < -0.3 is 24.4 Å². The Kier molecular flexibility index (Phi) is 5.92. The number of nitrogens with one attached hydrogen (secondary N) is 1. The summed E-state index contributed by atoms with van der Waals surface area (Å²) in [5, 5.41) is 4.94. The van der Waals surface area contributed by atoms with Crippen LogP contribution in [0, 0.1) is 5.92 Å². The van der Waals surface area contributed by atoms with Crippen LogP contribution in [0.3, 0.4) is 0 Å². The number of amides is 2. The lowest BCUT2D eigenvalue weighted by atomic mass is 9.87. The van der Waals surface area contributed by atoms with E-state index < -0.39 is 0 Å². The normalized spacial score (nSPS) is 18.9. The van der Waals surface area contributed by atoms with Crippen molar-refractivity contribution in [1.29, 1.82) is 0 Å². The summed E-state index contributed by atoms with van der Waals surface area (Å²) in [5.41, 5.74) is 1.86. The molecule has 7 nitrogen and oxygen atoms in total. The van der Waals surface area contributed by atoms with Crippen LogP contribution in [0.25, 0.3) is 0 Å². The molecular weight excluding hydrogens is 440 g/mol. The summed E-state index contributed by atoms with van der Waals surface area (Å²) in [6, 6.07) is 17.0. The molecule has 2 amide bonds. The summed E-state index contributed by atoms with van der Waals surface area (Å²) in [6.07, 6.45) is 0. The van der Waals surface area contributed by atoms with Crippen molar-refractivity contribution in [3.05, 3.63) is 76.0 Å². The second-order valence-corrected chi connectivity index (χ2v) is 9.00. The number of likely N-dealkylation sites (tertiary alicyclic amines) is 1. The summed E-state index contributed by atoms with van der Waals surface area (Å²) < 4.78 is 16.3. The smallest absolute Gasteiger partial charge is 0.263 e. The SMILES string of the molecule is COc1ccccc1[C@H]1CN(C(=O)c2cccs2)C[C@H]1C(=O)NCc1ccc2c(c1)OCO2. The van der Waals surface area contributed by atoms with Gasteiger partial charge in [0.05, 0.1) is 17.9 Å². The first-order valence-electron chi connectivity index (χ1n) is 10.8. The highest BCUT2D eigenvalue weighted by molar-refractivity contribution is 7.12. The molecule has 3 heterocycles. The molecule has 0 unspecified atom stereocenters. The number of carbonyl (C=O) groups is 2. The van der Waals surface area contributed by atoms with Crippen LogP contribution in [0.15, 0.2) is 60.0 Å². The van der Waals surface area contributed by atoms with E-state index in [9.17, 15) is 9.59 Å². The van der Waals surface area contributed by atoms with Gasteiger partial charge in [0.25, 0.3) is 5.91 Å². The zero-order valence-electron chi connectivity index (χ0n) is 18.2. The third-order valence-electron chi connectivity index (χ3n) is 6.12. The lowest BCUT2D eigenvalue weighted by Crippen LogP contribution is -2.35. The van der Waals surface area contributed by atoms with Gasteiger partial charge in [-0.25, -0.2) is 0 Å². The molecule has 0 saturated carbocycles. The third-order valence-corrected chi connectivity index (χ3v) is 6.98. The fourth-order valence-corrected chi connectivity index (χ4v) is 5.14. The number of benzene rings is 2. The van der Waals surface area contributed by atoms with Gasteiger partial charge >= 0.3 is 0 Å². The van der Waals surface area contributed by atoms with Gasteiger partial charge in [-0.3, -0.25) is 9.59 Å². The number of hydrogen-bond donors (Lipinski definition) is 1. The molecular formula is C25H24N2O5S. The maximum Gasteiger partial charge on any atom is 0.263 e. The Morgan fingerprint density at radius 1 is 1.09 bits per heavy atom. The number of ether oxygens (including phenoxy) is 3. The van der Waals surface area contributed by atoms with E-state index in [0.717, 1.165) is 16.9 Å². The quantitative estimate of drug-likeness (QED) is 0.603. The summed E-state index contributed by atoms with van der Waals surface area (Å²) in [7, 11) is 1.62. The number of rotatable bonds is 6. The first-order chi connectivity index (χ1) is 16.1. The van der Waals surface area contributed by atoms with Crippen LogP contribution in [0.5, 0.6) is 17.2 Å². The van der Waals surface area contributed by atoms with E-state index >= 15 is 0 Å². The van der Waals surface area contributed by atoms with Gasteiger partial charge in [0.1, 0.15) is 5.75 Å². The Labute approximate surface area is 195 Å². The molecule has 2 aromatic carbocycles. The van der Waals surface area contributed by atoms with Crippen molar-refractivity contribution in [2.75, 3.05) is 27.0 Å². The molecule has 1 N–H and O–H groups in total. The molecule has 2 aliphatic heterocycles. The average molecular weight is 465 g/mol. The zero-order chi connectivity index (χ0) is 22.8. The number of para-hydroxylation sites is 1. The summed E-state index contributed by atoms with van der Waals surface area (Å²) in [6.45, 7) is 1.39. The molecule has 2 aliphatic rings. The van der Waals surface area contributed by atoms with E-state index in [1.54, 1.807) is 12.0 Å². The average Bonchev–Trinajstić information content (AvgIpc) is 3.62. The van der Waals surface area contributed by atoms with Crippen LogP contribution in [-0.2, 0) is 11.3 Å². The van der Waals surface area contributed by atoms with Crippen LogP contribution in [0.2, 0.25) is 0 Å². The molecule has 1 saturated heterocycles. The van der Waals surface area contributed by atoms with Gasteiger partial charge in [-0.15, -0.1) is 11.3 Å². The lowest BCUT2D eigenvalue weighted by Gasteiger charge is -2.20. The molecule has 2 atom stereocenters. The van der Waals surface area contributed by atoms with Crippen LogP contribution < -0.4 is 19.5 Å². The minimum atomic E-state index is -0.390. The predicted octanol–water partition coefficient (Wildman–Crippen LogP) is 3.66. The standard InChI is InChI=1S/C25H24N2O5S/c1-30-20-6-3-2-5-17(20)18-13-27(25(29)23-7-4-10-33-23)14-19(18)24(28)26-12-16-8-9-21-22(11-16)32-15-31-21/h2-11,18-19H,12-15H2,1H3,(H,26,28)/t18-,19-/m1/s1. The van der Waals surface area contributed by atoms with E-state index in [-0.39, 0.29) is 30.4 Å². The summed E-state index contributed by atoms with van der Waals surface area (Å²) >= 11 is 1.41. The largest absolute Gasteiger partial charge is 0.496 e. The van der Waals surface area contributed by atoms with Crippen LogP contribution in [0.1, 0.15) is 26.7 Å². The third kappa shape index (κ3) is 4.26. The van der Waals surface area contributed by atoms with Crippen molar-refractivity contribution in [2.45, 2.75) is 12.5 Å². The van der Waals surface area contributed by atoms with Gasteiger partial charge in [-0.2, -0.15) is 0 Å². The Hall–Kier alpha value is -3.52. The minimum Gasteiger partial charge on any atom is -0.496 e. The van der Waals surface area contributed by atoms with E-state index in [1.807, 2.05) is 60.0 Å². The molecule has 1 aromatic heterocycles. The summed E-state index contributed by atoms with van der Waals surface area (Å²) in [4.78, 5) is 28.8. The number of carbonyl (C=O) groups excluding carboxylic acids is 2. The van der Waals surface area contributed by atoms with Crippen LogP contribution in [-0.4, -0.2) is 43.7 Å². The van der Waals surface area contributed by atoms with Crippen LogP contribution in [0.4, 0.5) is 0 Å². The van der Waals surface area contributed by atoms with Crippen LogP contribution >= 0.6 is 11.3 Å². The Morgan fingerprint density at radius 3 is 2.76 bits per heavy atom. The molecule has 1 fully saturated rings. The van der Waals surface area contributed by atoms with Crippen molar-refractivity contribution in [3.63, 3.8) is 0 Å². The van der Waals surface area contributed by atoms with Gasteiger partial charge in [0, 0.05) is 25.6 Å². The maximum absolute atomic E-state index is 13.3. The number of hydrogen-bond acceptors (Lipinski definition) is 6. The number of fused-ring (bicyclic) bond motifs is 1. The van der Waals surface area contributed by atoms with E-state index in [1.165, 1.54) is 11.3 Å². The predicted molar refractivity (Wildman–Crippen MR) is 124 cm³/mol. The van der Waals surface area contributed by atoms with E-state index in [2.05, 4.69) is 5.32 Å². The molecule has 0 radical (unpaired) electrons. The maximum atomic E-state index is 13.3. The molecule has 0 aliphatic carbocycles. The molecule has 0 bridgehead atoms. The summed E-state index contributed by atoms with van der Waals surface area (Å²) in [5.74, 6) is 1.42.